The van der Waals surface area contributed by atoms with E-state index in [1.54, 1.807) is 17.4 Å². The summed E-state index contributed by atoms with van der Waals surface area (Å²) in [6, 6.07) is 13.3. The van der Waals surface area contributed by atoms with Gasteiger partial charge in [0, 0.05) is 37.1 Å². The summed E-state index contributed by atoms with van der Waals surface area (Å²) in [4.78, 5) is 25.5. The summed E-state index contributed by atoms with van der Waals surface area (Å²) >= 11 is 1.69. The number of pyridine rings is 1. The van der Waals surface area contributed by atoms with Crippen LogP contribution in [0.1, 0.15) is 18.4 Å². The molecule has 0 saturated carbocycles. The molecule has 33 heavy (non-hydrogen) atoms. The fourth-order valence-corrected chi connectivity index (χ4v) is 5.22. The number of aryl methyl sites for hydroxylation is 1. The smallest absolute Gasteiger partial charge is 0.245 e. The lowest BCUT2D eigenvalue weighted by molar-refractivity contribution is -0.131. The summed E-state index contributed by atoms with van der Waals surface area (Å²) in [5.74, 6) is 1.13. The molecule has 0 spiro atoms. The van der Waals surface area contributed by atoms with E-state index in [-0.39, 0.29) is 17.7 Å². The molecule has 1 saturated heterocycles. The Bertz CT molecular complexity index is 1130. The van der Waals surface area contributed by atoms with Gasteiger partial charge in [0.05, 0.1) is 5.69 Å². The van der Waals surface area contributed by atoms with Crippen LogP contribution in [0.25, 0.3) is 21.7 Å². The third kappa shape index (κ3) is 5.04. The third-order valence-corrected chi connectivity index (χ3v) is 7.27. The number of hydrogen-bond acceptors (Lipinski definition) is 6. The highest BCUT2D eigenvalue weighted by Gasteiger charge is 2.34. The molecule has 1 aromatic carbocycles. The van der Waals surface area contributed by atoms with Crippen LogP contribution in [0.15, 0.2) is 47.8 Å². The summed E-state index contributed by atoms with van der Waals surface area (Å²) in [6.07, 6.45) is 1.77. The number of rotatable bonds is 7. The molecule has 1 aliphatic rings. The predicted molar refractivity (Wildman–Crippen MR) is 136 cm³/mol. The Morgan fingerprint density at radius 1 is 1.18 bits per heavy atom. The van der Waals surface area contributed by atoms with Crippen molar-refractivity contribution >= 4 is 23.1 Å². The van der Waals surface area contributed by atoms with Gasteiger partial charge in [0.25, 0.3) is 0 Å². The molecule has 1 aliphatic heterocycles. The maximum atomic E-state index is 13.3. The zero-order valence-electron chi connectivity index (χ0n) is 19.8. The van der Waals surface area contributed by atoms with Crippen molar-refractivity contribution in [3.05, 3.63) is 53.4 Å². The van der Waals surface area contributed by atoms with E-state index >= 15 is 0 Å². The van der Waals surface area contributed by atoms with E-state index in [0.717, 1.165) is 37.3 Å². The van der Waals surface area contributed by atoms with Crippen molar-refractivity contribution in [3.8, 4) is 27.4 Å². The van der Waals surface area contributed by atoms with Crippen molar-refractivity contribution in [2.45, 2.75) is 25.8 Å². The first-order valence-electron chi connectivity index (χ1n) is 11.4. The normalized spacial score (nSPS) is 15.9. The number of thiophene rings is 1. The third-order valence-electron chi connectivity index (χ3n) is 6.21. The van der Waals surface area contributed by atoms with Gasteiger partial charge < -0.3 is 19.8 Å². The van der Waals surface area contributed by atoms with Crippen LogP contribution in [0, 0.1) is 6.92 Å². The number of anilines is 1. The van der Waals surface area contributed by atoms with Crippen molar-refractivity contribution in [1.29, 1.82) is 0 Å². The lowest BCUT2D eigenvalue weighted by Crippen LogP contribution is -2.46. The van der Waals surface area contributed by atoms with Crippen molar-refractivity contribution < 1.29 is 9.90 Å². The van der Waals surface area contributed by atoms with Gasteiger partial charge in [-0.25, -0.2) is 4.98 Å². The van der Waals surface area contributed by atoms with Crippen molar-refractivity contribution in [3.63, 3.8) is 0 Å². The van der Waals surface area contributed by atoms with Gasteiger partial charge in [-0.15, -0.1) is 11.3 Å². The van der Waals surface area contributed by atoms with Crippen LogP contribution in [0.5, 0.6) is 5.75 Å². The SMILES string of the molecule is Cc1ccsc1-c1cc(-c2ccccc2O)nc(N2CCC[C@H]2C(=O)N(C)CCN(C)C)c1. The Hall–Kier alpha value is -2.90. The van der Waals surface area contributed by atoms with Gasteiger partial charge in [0.15, 0.2) is 0 Å². The highest BCUT2D eigenvalue weighted by atomic mass is 32.1. The van der Waals surface area contributed by atoms with Gasteiger partial charge in [-0.05, 0) is 80.7 Å². The van der Waals surface area contributed by atoms with Crippen LogP contribution in [-0.4, -0.2) is 72.6 Å². The van der Waals surface area contributed by atoms with Gasteiger partial charge in [-0.1, -0.05) is 12.1 Å². The highest BCUT2D eigenvalue weighted by Crippen LogP contribution is 2.37. The van der Waals surface area contributed by atoms with E-state index in [1.165, 1.54) is 10.4 Å². The van der Waals surface area contributed by atoms with Crippen molar-refractivity contribution in [1.82, 2.24) is 14.8 Å². The predicted octanol–water partition coefficient (Wildman–Crippen LogP) is 4.48. The lowest BCUT2D eigenvalue weighted by Gasteiger charge is -2.30. The molecule has 1 fully saturated rings. The second-order valence-electron chi connectivity index (χ2n) is 8.96. The van der Waals surface area contributed by atoms with E-state index in [1.807, 2.05) is 50.3 Å². The first-order chi connectivity index (χ1) is 15.8. The van der Waals surface area contributed by atoms with Gasteiger partial charge in [0.1, 0.15) is 17.6 Å². The molecule has 1 N–H and O–H groups in total. The molecule has 0 aliphatic carbocycles. The van der Waals surface area contributed by atoms with E-state index in [0.29, 0.717) is 17.8 Å². The summed E-state index contributed by atoms with van der Waals surface area (Å²) < 4.78 is 0. The molecule has 174 valence electrons. The molecule has 0 unspecified atom stereocenters. The molecule has 0 bridgehead atoms. The first kappa shape index (κ1) is 23.3. The maximum Gasteiger partial charge on any atom is 0.245 e. The van der Waals surface area contributed by atoms with Crippen LogP contribution in [0.3, 0.4) is 0 Å². The number of aromatic hydroxyl groups is 1. The number of likely N-dealkylation sites (N-methyl/N-ethyl adjacent to an activating group) is 2. The standard InChI is InChI=1S/C26H32N4O2S/c1-18-11-15-33-25(18)19-16-21(20-8-5-6-10-23(20)31)27-24(17-19)30-12-7-9-22(30)26(32)29(4)14-13-28(2)3/h5-6,8,10-11,15-17,22,31H,7,9,12-14H2,1-4H3/t22-/m0/s1. The van der Waals surface area contributed by atoms with Crippen molar-refractivity contribution in [2.75, 3.05) is 45.7 Å². The fraction of sp³-hybridized carbons (Fsp3) is 0.385. The minimum atomic E-state index is -0.221. The number of phenols is 1. The molecular weight excluding hydrogens is 432 g/mol. The Labute approximate surface area is 200 Å². The highest BCUT2D eigenvalue weighted by molar-refractivity contribution is 7.13. The zero-order valence-corrected chi connectivity index (χ0v) is 20.6. The second-order valence-corrected chi connectivity index (χ2v) is 9.88. The van der Waals surface area contributed by atoms with Crippen LogP contribution in [0.2, 0.25) is 0 Å². The van der Waals surface area contributed by atoms with E-state index in [9.17, 15) is 9.90 Å². The fourth-order valence-electron chi connectivity index (χ4n) is 4.30. The monoisotopic (exact) mass is 464 g/mol. The molecule has 7 heteroatoms. The van der Waals surface area contributed by atoms with E-state index in [4.69, 9.17) is 4.98 Å². The number of aromatic nitrogens is 1. The van der Waals surface area contributed by atoms with Crippen molar-refractivity contribution in [2.24, 2.45) is 0 Å². The maximum absolute atomic E-state index is 13.3. The number of para-hydroxylation sites is 1. The van der Waals surface area contributed by atoms with Gasteiger partial charge >= 0.3 is 0 Å². The topological polar surface area (TPSA) is 59.9 Å². The van der Waals surface area contributed by atoms with Crippen LogP contribution >= 0.6 is 11.3 Å². The zero-order chi connectivity index (χ0) is 23.5. The molecule has 1 amide bonds. The average Bonchev–Trinajstić information content (AvgIpc) is 3.46. The molecular formula is C26H32N4O2S. The number of carbonyl (C=O) groups excluding carboxylic acids is 1. The molecule has 0 radical (unpaired) electrons. The Kier molecular flexibility index (Phi) is 7.00. The van der Waals surface area contributed by atoms with Gasteiger partial charge in [-0.3, -0.25) is 4.79 Å². The van der Waals surface area contributed by atoms with E-state index in [2.05, 4.69) is 34.2 Å². The molecule has 3 heterocycles. The minimum Gasteiger partial charge on any atom is -0.507 e. The quantitative estimate of drug-likeness (QED) is 0.559. The lowest BCUT2D eigenvalue weighted by atomic mass is 10.1. The average molecular weight is 465 g/mol. The number of hydrogen-bond donors (Lipinski definition) is 1. The summed E-state index contributed by atoms with van der Waals surface area (Å²) in [7, 11) is 5.92. The Morgan fingerprint density at radius 2 is 1.97 bits per heavy atom. The Balaban J connectivity index is 1.73. The second kappa shape index (κ2) is 9.93. The van der Waals surface area contributed by atoms with Crippen LogP contribution in [0.4, 0.5) is 5.82 Å². The summed E-state index contributed by atoms with van der Waals surface area (Å²) in [5.41, 5.74) is 3.68. The van der Waals surface area contributed by atoms with Crippen LogP contribution < -0.4 is 4.90 Å². The number of benzene rings is 1. The largest absolute Gasteiger partial charge is 0.507 e. The molecule has 1 atom stereocenters. The minimum absolute atomic E-state index is 0.137. The Morgan fingerprint density at radius 3 is 2.67 bits per heavy atom. The number of nitrogens with zero attached hydrogens (tertiary/aromatic N) is 4. The molecule has 2 aromatic heterocycles. The van der Waals surface area contributed by atoms with Crippen LogP contribution in [-0.2, 0) is 4.79 Å². The van der Waals surface area contributed by atoms with Gasteiger partial charge in [0.2, 0.25) is 5.91 Å². The summed E-state index contributed by atoms with van der Waals surface area (Å²) in [5, 5.41) is 12.6. The van der Waals surface area contributed by atoms with Gasteiger partial charge in [-0.2, -0.15) is 0 Å². The molecule has 4 rings (SSSR count). The summed E-state index contributed by atoms with van der Waals surface area (Å²) in [6.45, 7) is 4.42. The number of phenolic OH excluding ortho intramolecular Hbond substituents is 1. The molecule has 6 nitrogen and oxygen atoms in total. The first-order valence-corrected chi connectivity index (χ1v) is 12.2. The van der Waals surface area contributed by atoms with E-state index < -0.39 is 0 Å². The molecule has 3 aromatic rings. The number of carbonyl (C=O) groups is 1. The number of amides is 1.